The van der Waals surface area contributed by atoms with Crippen molar-refractivity contribution in [3.63, 3.8) is 0 Å². The van der Waals surface area contributed by atoms with Crippen molar-refractivity contribution in [3.05, 3.63) is 0 Å². The summed E-state index contributed by atoms with van der Waals surface area (Å²) in [6, 6.07) is 0. The zero-order chi connectivity index (χ0) is 12.8. The Kier molecular flexibility index (Phi) is 7.19. The maximum atomic E-state index is 11.5. The summed E-state index contributed by atoms with van der Waals surface area (Å²) in [7, 11) is -3.31. The third-order valence-electron chi connectivity index (χ3n) is 2.76. The van der Waals surface area contributed by atoms with Gasteiger partial charge in [-0.15, -0.1) is 0 Å². The molecular weight excluding hydrogens is 224 g/mol. The van der Waals surface area contributed by atoms with Gasteiger partial charge in [0, 0.05) is 13.1 Å². The fraction of sp³-hybridized carbons (Fsp3) is 1.00. The highest BCUT2D eigenvalue weighted by Gasteiger charge is 2.19. The molecule has 0 unspecified atom stereocenters. The standard InChI is InChI=1S/C11H26N2O2S/c1-6-7-12-16(14,15)13-8-11(9(2)3)10(4)5/h9-13H,6-8H2,1-5H3. The van der Waals surface area contributed by atoms with Crippen molar-refractivity contribution in [3.8, 4) is 0 Å². The van der Waals surface area contributed by atoms with Crippen LogP contribution in [0.15, 0.2) is 0 Å². The van der Waals surface area contributed by atoms with E-state index in [1.807, 2.05) is 6.92 Å². The summed E-state index contributed by atoms with van der Waals surface area (Å²) >= 11 is 0. The lowest BCUT2D eigenvalue weighted by atomic mass is 9.86. The molecule has 0 amide bonds. The van der Waals surface area contributed by atoms with Gasteiger partial charge in [-0.05, 0) is 24.2 Å². The maximum Gasteiger partial charge on any atom is 0.276 e. The molecule has 0 saturated carbocycles. The van der Waals surface area contributed by atoms with Gasteiger partial charge in [0.2, 0.25) is 0 Å². The molecule has 0 fully saturated rings. The fourth-order valence-corrected chi connectivity index (χ4v) is 2.72. The van der Waals surface area contributed by atoms with Gasteiger partial charge in [-0.1, -0.05) is 34.6 Å². The Morgan fingerprint density at radius 1 is 1.00 bits per heavy atom. The van der Waals surface area contributed by atoms with E-state index < -0.39 is 10.2 Å². The molecule has 0 aliphatic carbocycles. The van der Waals surface area contributed by atoms with Gasteiger partial charge >= 0.3 is 0 Å². The van der Waals surface area contributed by atoms with Gasteiger partial charge in [0.1, 0.15) is 0 Å². The van der Waals surface area contributed by atoms with Crippen molar-refractivity contribution in [2.75, 3.05) is 13.1 Å². The molecule has 4 nitrogen and oxygen atoms in total. The SMILES string of the molecule is CCCNS(=O)(=O)NCC(C(C)C)C(C)C. The maximum absolute atomic E-state index is 11.5. The van der Waals surface area contributed by atoms with E-state index in [1.54, 1.807) is 0 Å². The summed E-state index contributed by atoms with van der Waals surface area (Å²) < 4.78 is 28.2. The number of nitrogens with one attached hydrogen (secondary N) is 2. The molecule has 0 aliphatic heterocycles. The normalized spacial score (nSPS) is 13.0. The van der Waals surface area contributed by atoms with Crippen molar-refractivity contribution >= 4 is 10.2 Å². The second-order valence-corrected chi connectivity index (χ2v) is 6.48. The first-order valence-electron chi connectivity index (χ1n) is 6.04. The first kappa shape index (κ1) is 15.9. The molecular formula is C11H26N2O2S. The first-order valence-corrected chi connectivity index (χ1v) is 7.52. The van der Waals surface area contributed by atoms with Crippen LogP contribution in [0.4, 0.5) is 0 Å². The molecule has 0 heterocycles. The molecule has 2 N–H and O–H groups in total. The van der Waals surface area contributed by atoms with Crippen LogP contribution in [-0.2, 0) is 10.2 Å². The van der Waals surface area contributed by atoms with Gasteiger partial charge in [0.25, 0.3) is 10.2 Å². The minimum absolute atomic E-state index is 0.373. The molecule has 0 aromatic rings. The van der Waals surface area contributed by atoms with Gasteiger partial charge in [-0.3, -0.25) is 0 Å². The predicted octanol–water partition coefficient (Wildman–Crippen LogP) is 1.75. The Balaban J connectivity index is 4.20. The summed E-state index contributed by atoms with van der Waals surface area (Å²) in [4.78, 5) is 0. The Hall–Kier alpha value is -0.130. The van der Waals surface area contributed by atoms with Crippen LogP contribution in [0.5, 0.6) is 0 Å². The van der Waals surface area contributed by atoms with Crippen LogP contribution in [0.3, 0.4) is 0 Å². The Bertz CT molecular complexity index is 266. The van der Waals surface area contributed by atoms with Crippen LogP contribution in [0.2, 0.25) is 0 Å². The van der Waals surface area contributed by atoms with Crippen LogP contribution >= 0.6 is 0 Å². The highest BCUT2D eigenvalue weighted by molar-refractivity contribution is 7.87. The summed E-state index contributed by atoms with van der Waals surface area (Å²) in [5.74, 6) is 1.33. The van der Waals surface area contributed by atoms with Gasteiger partial charge < -0.3 is 0 Å². The molecule has 0 aromatic heterocycles. The van der Waals surface area contributed by atoms with E-state index >= 15 is 0 Å². The second kappa shape index (κ2) is 7.25. The monoisotopic (exact) mass is 250 g/mol. The minimum Gasteiger partial charge on any atom is -0.202 e. The molecule has 0 saturated heterocycles. The molecule has 0 radical (unpaired) electrons. The molecule has 0 aromatic carbocycles. The lowest BCUT2D eigenvalue weighted by Gasteiger charge is -2.24. The van der Waals surface area contributed by atoms with E-state index in [9.17, 15) is 8.42 Å². The van der Waals surface area contributed by atoms with Crippen LogP contribution in [0.1, 0.15) is 41.0 Å². The van der Waals surface area contributed by atoms with Crippen LogP contribution < -0.4 is 9.44 Å². The topological polar surface area (TPSA) is 58.2 Å². The van der Waals surface area contributed by atoms with Crippen LogP contribution in [0.25, 0.3) is 0 Å². The molecule has 0 atom stereocenters. The number of rotatable bonds is 8. The number of hydrogen-bond donors (Lipinski definition) is 2. The lowest BCUT2D eigenvalue weighted by molar-refractivity contribution is 0.288. The van der Waals surface area contributed by atoms with Gasteiger partial charge in [0.15, 0.2) is 0 Å². The zero-order valence-corrected chi connectivity index (χ0v) is 11.9. The summed E-state index contributed by atoms with van der Waals surface area (Å²) in [5, 5.41) is 0. The quantitative estimate of drug-likeness (QED) is 0.689. The fourth-order valence-electron chi connectivity index (χ4n) is 1.73. The molecule has 0 spiro atoms. The van der Waals surface area contributed by atoms with E-state index in [-0.39, 0.29) is 0 Å². The van der Waals surface area contributed by atoms with Crippen molar-refractivity contribution in [1.82, 2.24) is 9.44 Å². The summed E-state index contributed by atoms with van der Waals surface area (Å²) in [5.41, 5.74) is 0. The second-order valence-electron chi connectivity index (χ2n) is 4.90. The van der Waals surface area contributed by atoms with Crippen LogP contribution in [0, 0.1) is 17.8 Å². The summed E-state index contributed by atoms with van der Waals surface area (Å²) in [6.45, 7) is 11.4. The van der Waals surface area contributed by atoms with E-state index in [0.29, 0.717) is 30.8 Å². The summed E-state index contributed by atoms with van der Waals surface area (Å²) in [6.07, 6.45) is 0.804. The van der Waals surface area contributed by atoms with E-state index in [0.717, 1.165) is 6.42 Å². The lowest BCUT2D eigenvalue weighted by Crippen LogP contribution is -2.41. The van der Waals surface area contributed by atoms with Gasteiger partial charge in [-0.2, -0.15) is 8.42 Å². The average Bonchev–Trinajstić information content (AvgIpc) is 2.13. The van der Waals surface area contributed by atoms with Gasteiger partial charge in [-0.25, -0.2) is 9.44 Å². The Labute approximate surface area is 100 Å². The largest absolute Gasteiger partial charge is 0.276 e. The van der Waals surface area contributed by atoms with Gasteiger partial charge in [0.05, 0.1) is 0 Å². The molecule has 0 aliphatic rings. The van der Waals surface area contributed by atoms with E-state index in [4.69, 9.17) is 0 Å². The Morgan fingerprint density at radius 2 is 1.50 bits per heavy atom. The van der Waals surface area contributed by atoms with Crippen molar-refractivity contribution in [1.29, 1.82) is 0 Å². The molecule has 0 rings (SSSR count). The van der Waals surface area contributed by atoms with Crippen molar-refractivity contribution in [2.24, 2.45) is 17.8 Å². The van der Waals surface area contributed by atoms with E-state index in [2.05, 4.69) is 37.1 Å². The molecule has 16 heavy (non-hydrogen) atoms. The molecule has 0 bridgehead atoms. The minimum atomic E-state index is -3.31. The predicted molar refractivity (Wildman–Crippen MR) is 68.4 cm³/mol. The molecule has 98 valence electrons. The Morgan fingerprint density at radius 3 is 1.88 bits per heavy atom. The first-order chi connectivity index (χ1) is 7.30. The highest BCUT2D eigenvalue weighted by atomic mass is 32.2. The smallest absolute Gasteiger partial charge is 0.202 e. The highest BCUT2D eigenvalue weighted by Crippen LogP contribution is 2.19. The third kappa shape index (κ3) is 6.45. The zero-order valence-electron chi connectivity index (χ0n) is 11.1. The van der Waals surface area contributed by atoms with Crippen LogP contribution in [-0.4, -0.2) is 21.5 Å². The number of hydrogen-bond acceptors (Lipinski definition) is 2. The van der Waals surface area contributed by atoms with Crippen molar-refractivity contribution < 1.29 is 8.42 Å². The molecule has 5 heteroatoms. The third-order valence-corrected chi connectivity index (χ3v) is 3.89. The average molecular weight is 250 g/mol. The van der Waals surface area contributed by atoms with Crippen molar-refractivity contribution in [2.45, 2.75) is 41.0 Å². The van der Waals surface area contributed by atoms with E-state index in [1.165, 1.54) is 0 Å².